The highest BCUT2D eigenvalue weighted by Gasteiger charge is 2.29. The number of nitrogens with zero attached hydrogens (tertiary/aromatic N) is 2. The summed E-state index contributed by atoms with van der Waals surface area (Å²) >= 11 is 0. The van der Waals surface area contributed by atoms with Gasteiger partial charge in [-0.25, -0.2) is 0 Å². The van der Waals surface area contributed by atoms with Crippen molar-refractivity contribution >= 4 is 5.69 Å². The van der Waals surface area contributed by atoms with E-state index in [0.717, 1.165) is 12.1 Å². The van der Waals surface area contributed by atoms with Gasteiger partial charge in [0.25, 0.3) is 0 Å². The number of benzene rings is 1. The van der Waals surface area contributed by atoms with Gasteiger partial charge in [-0.15, -0.1) is 0 Å². The quantitative estimate of drug-likeness (QED) is 0.927. The third kappa shape index (κ3) is 3.46. The first kappa shape index (κ1) is 13.4. The van der Waals surface area contributed by atoms with E-state index in [1.54, 1.807) is 0 Å². The van der Waals surface area contributed by atoms with Gasteiger partial charge in [0.2, 0.25) is 5.89 Å². The van der Waals surface area contributed by atoms with Crippen molar-refractivity contribution in [3.05, 3.63) is 41.5 Å². The highest BCUT2D eigenvalue weighted by Crippen LogP contribution is 2.29. The lowest BCUT2D eigenvalue weighted by atomic mass is 10.2. The van der Waals surface area contributed by atoms with Crippen LogP contribution in [0.25, 0.3) is 0 Å². The fourth-order valence-corrected chi connectivity index (χ4v) is 1.46. The Hall–Kier alpha value is -2.05. The van der Waals surface area contributed by atoms with Crippen LogP contribution in [0.5, 0.6) is 0 Å². The highest BCUT2D eigenvalue weighted by atomic mass is 19.4. The van der Waals surface area contributed by atoms with Crippen LogP contribution in [0.1, 0.15) is 24.2 Å². The van der Waals surface area contributed by atoms with Crippen LogP contribution in [0.3, 0.4) is 0 Å². The van der Waals surface area contributed by atoms with Crippen molar-refractivity contribution in [2.75, 3.05) is 5.32 Å². The molecule has 1 aromatic carbocycles. The van der Waals surface area contributed by atoms with E-state index < -0.39 is 11.7 Å². The van der Waals surface area contributed by atoms with Gasteiger partial charge in [0.1, 0.15) is 0 Å². The minimum absolute atomic E-state index is 0.276. The second-order valence-corrected chi connectivity index (χ2v) is 3.89. The van der Waals surface area contributed by atoms with E-state index >= 15 is 0 Å². The number of aryl methyl sites for hydroxylation is 1. The zero-order valence-electron chi connectivity index (χ0n) is 10.2. The first-order valence-electron chi connectivity index (χ1n) is 5.71. The molecule has 0 aliphatic rings. The largest absolute Gasteiger partial charge is 0.416 e. The summed E-state index contributed by atoms with van der Waals surface area (Å²) in [6, 6.07) is 4.76. The molecule has 7 heteroatoms. The van der Waals surface area contributed by atoms with Crippen LogP contribution in [0.15, 0.2) is 28.8 Å². The molecule has 2 aromatic rings. The maximum Gasteiger partial charge on any atom is 0.416 e. The minimum atomic E-state index is -4.32. The molecule has 1 aromatic heterocycles. The molecule has 0 aliphatic carbocycles. The molecule has 0 bridgehead atoms. The fourth-order valence-electron chi connectivity index (χ4n) is 1.46. The molecular weight excluding hydrogens is 259 g/mol. The van der Waals surface area contributed by atoms with Gasteiger partial charge < -0.3 is 9.84 Å². The lowest BCUT2D eigenvalue weighted by Crippen LogP contribution is -2.05. The predicted octanol–water partition coefficient (Wildman–Crippen LogP) is 3.26. The predicted molar refractivity (Wildman–Crippen MR) is 62.4 cm³/mol. The molecule has 0 fully saturated rings. The van der Waals surface area contributed by atoms with E-state index in [2.05, 4.69) is 15.5 Å². The van der Waals surface area contributed by atoms with E-state index in [1.165, 1.54) is 12.1 Å². The normalized spacial score (nSPS) is 11.6. The van der Waals surface area contributed by atoms with Crippen LogP contribution in [0, 0.1) is 0 Å². The average molecular weight is 271 g/mol. The van der Waals surface area contributed by atoms with Gasteiger partial charge in [-0.2, -0.15) is 18.2 Å². The van der Waals surface area contributed by atoms with Crippen molar-refractivity contribution in [3.63, 3.8) is 0 Å². The molecule has 4 nitrogen and oxygen atoms in total. The Morgan fingerprint density at radius 1 is 1.21 bits per heavy atom. The number of rotatable bonds is 4. The van der Waals surface area contributed by atoms with Crippen LogP contribution in [-0.4, -0.2) is 10.1 Å². The van der Waals surface area contributed by atoms with E-state index in [9.17, 15) is 13.2 Å². The van der Waals surface area contributed by atoms with Crippen molar-refractivity contribution in [1.29, 1.82) is 0 Å². The van der Waals surface area contributed by atoms with Gasteiger partial charge in [-0.1, -0.05) is 12.1 Å². The second kappa shape index (κ2) is 5.29. The molecule has 0 unspecified atom stereocenters. The molecule has 1 N–H and O–H groups in total. The molecule has 0 aliphatic heterocycles. The lowest BCUT2D eigenvalue weighted by molar-refractivity contribution is -0.137. The maximum absolute atomic E-state index is 12.4. The zero-order valence-corrected chi connectivity index (χ0v) is 10.2. The molecule has 0 saturated heterocycles. The summed E-state index contributed by atoms with van der Waals surface area (Å²) in [7, 11) is 0. The van der Waals surface area contributed by atoms with E-state index in [4.69, 9.17) is 4.52 Å². The summed E-state index contributed by atoms with van der Waals surface area (Å²) in [5.74, 6) is 1.00. The van der Waals surface area contributed by atoms with Gasteiger partial charge >= 0.3 is 6.18 Å². The molecule has 0 radical (unpaired) electrons. The van der Waals surface area contributed by atoms with Crippen LogP contribution < -0.4 is 5.32 Å². The summed E-state index contributed by atoms with van der Waals surface area (Å²) in [6.07, 6.45) is -3.65. The average Bonchev–Trinajstić information content (AvgIpc) is 2.84. The molecule has 0 spiro atoms. The van der Waals surface area contributed by atoms with Crippen molar-refractivity contribution in [3.8, 4) is 0 Å². The van der Waals surface area contributed by atoms with Crippen molar-refractivity contribution in [2.24, 2.45) is 0 Å². The third-order valence-electron chi connectivity index (χ3n) is 2.48. The molecule has 0 saturated carbocycles. The van der Waals surface area contributed by atoms with E-state index in [-0.39, 0.29) is 6.54 Å². The summed E-state index contributed by atoms with van der Waals surface area (Å²) in [6.45, 7) is 2.18. The SMILES string of the molecule is CCc1noc(CNc2ccc(C(F)(F)F)cc2)n1. The Morgan fingerprint density at radius 2 is 1.89 bits per heavy atom. The Kier molecular flexibility index (Phi) is 3.73. The monoisotopic (exact) mass is 271 g/mol. The van der Waals surface area contributed by atoms with Gasteiger partial charge in [-0.05, 0) is 24.3 Å². The number of nitrogens with one attached hydrogen (secondary N) is 1. The number of alkyl halides is 3. The Morgan fingerprint density at radius 3 is 2.42 bits per heavy atom. The highest BCUT2D eigenvalue weighted by molar-refractivity contribution is 5.45. The summed E-state index contributed by atoms with van der Waals surface area (Å²) in [4.78, 5) is 4.08. The maximum atomic E-state index is 12.4. The number of hydrogen-bond donors (Lipinski definition) is 1. The van der Waals surface area contributed by atoms with Crippen LogP contribution in [0.4, 0.5) is 18.9 Å². The fraction of sp³-hybridized carbons (Fsp3) is 0.333. The van der Waals surface area contributed by atoms with Gasteiger partial charge in [0, 0.05) is 12.1 Å². The smallest absolute Gasteiger partial charge is 0.376 e. The Balaban J connectivity index is 1.96. The number of hydrogen-bond acceptors (Lipinski definition) is 4. The van der Waals surface area contributed by atoms with Crippen molar-refractivity contribution in [2.45, 2.75) is 26.1 Å². The topological polar surface area (TPSA) is 51.0 Å². The van der Waals surface area contributed by atoms with Crippen LogP contribution >= 0.6 is 0 Å². The van der Waals surface area contributed by atoms with E-state index in [1.807, 2.05) is 6.92 Å². The van der Waals surface area contributed by atoms with Crippen molar-refractivity contribution < 1.29 is 17.7 Å². The Labute approximate surface area is 107 Å². The number of halogens is 3. The molecule has 1 heterocycles. The third-order valence-corrected chi connectivity index (χ3v) is 2.48. The molecule has 19 heavy (non-hydrogen) atoms. The molecule has 102 valence electrons. The first-order chi connectivity index (χ1) is 8.99. The van der Waals surface area contributed by atoms with Crippen LogP contribution in [0.2, 0.25) is 0 Å². The molecule has 0 amide bonds. The van der Waals surface area contributed by atoms with E-state index in [0.29, 0.717) is 23.8 Å². The van der Waals surface area contributed by atoms with Gasteiger partial charge in [-0.3, -0.25) is 0 Å². The standard InChI is InChI=1S/C12H12F3N3O/c1-2-10-17-11(19-18-10)7-16-9-5-3-8(4-6-9)12(13,14)15/h3-6,16H,2,7H2,1H3. The zero-order chi connectivity index (χ0) is 13.9. The number of anilines is 1. The first-order valence-corrected chi connectivity index (χ1v) is 5.71. The summed E-state index contributed by atoms with van der Waals surface area (Å²) < 4.78 is 42.0. The minimum Gasteiger partial charge on any atom is -0.376 e. The second-order valence-electron chi connectivity index (χ2n) is 3.89. The van der Waals surface area contributed by atoms with Gasteiger partial charge in [0.15, 0.2) is 5.82 Å². The Bertz CT molecular complexity index is 534. The number of aromatic nitrogens is 2. The molecular formula is C12H12F3N3O. The summed E-state index contributed by atoms with van der Waals surface area (Å²) in [5, 5.41) is 6.63. The van der Waals surface area contributed by atoms with Crippen molar-refractivity contribution in [1.82, 2.24) is 10.1 Å². The van der Waals surface area contributed by atoms with Gasteiger partial charge in [0.05, 0.1) is 12.1 Å². The molecule has 2 rings (SSSR count). The molecule has 0 atom stereocenters. The lowest BCUT2D eigenvalue weighted by Gasteiger charge is -2.08. The van der Waals surface area contributed by atoms with Crippen LogP contribution in [-0.2, 0) is 19.1 Å². The summed E-state index contributed by atoms with van der Waals surface area (Å²) in [5.41, 5.74) is -0.117.